The molecule has 0 spiro atoms. The molecule has 1 heteroatoms. The first kappa shape index (κ1) is 11.3. The Morgan fingerprint density at radius 2 is 1.47 bits per heavy atom. The van der Waals surface area contributed by atoms with Gasteiger partial charge in [0.1, 0.15) is 0 Å². The first-order valence-electron chi connectivity index (χ1n) is 7.38. The number of hydrogen-bond acceptors (Lipinski definition) is 0. The van der Waals surface area contributed by atoms with Crippen LogP contribution in [0.3, 0.4) is 0 Å². The second-order valence-corrected chi connectivity index (χ2v) is 5.55. The average Bonchev–Trinajstić information content (AvgIpc) is 2.39. The van der Waals surface area contributed by atoms with E-state index in [0.29, 0.717) is 0 Å². The van der Waals surface area contributed by atoms with Gasteiger partial charge < -0.3 is 0 Å². The van der Waals surface area contributed by atoms with Crippen LogP contribution >= 0.6 is 0 Å². The summed E-state index contributed by atoms with van der Waals surface area (Å²) < 4.78 is 6.24. The van der Waals surface area contributed by atoms with E-state index in [1.165, 1.54) is 69.3 Å². The van der Waals surface area contributed by atoms with E-state index in [0.717, 1.165) is 6.42 Å². The predicted octanol–water partition coefficient (Wildman–Crippen LogP) is 4.27. The second-order valence-electron chi connectivity index (χ2n) is 5.55. The highest BCUT2D eigenvalue weighted by Gasteiger charge is 2.31. The number of fused-ring (bicyclic) bond motifs is 3. The summed E-state index contributed by atoms with van der Waals surface area (Å²) >= 11 is 0. The molecule has 1 nitrogen and oxygen atoms in total. The van der Waals surface area contributed by atoms with Crippen molar-refractivity contribution in [2.45, 2.75) is 71.1 Å². The molecule has 0 saturated heterocycles. The molecule has 0 aromatic carbocycles. The van der Waals surface area contributed by atoms with E-state index in [2.05, 4.69) is 6.92 Å². The fourth-order valence-corrected chi connectivity index (χ4v) is 3.49. The Balaban J connectivity index is 2.11. The highest BCUT2D eigenvalue weighted by Crippen LogP contribution is 2.34. The first-order chi connectivity index (χ1) is 8.40. The van der Waals surface area contributed by atoms with E-state index in [1.54, 1.807) is 16.7 Å². The number of rotatable bonds is 2. The van der Waals surface area contributed by atoms with Gasteiger partial charge in [-0.2, -0.15) is 0 Å². The van der Waals surface area contributed by atoms with Crippen LogP contribution in [0.1, 0.15) is 67.2 Å². The zero-order valence-corrected chi connectivity index (χ0v) is 11.0. The predicted molar refractivity (Wildman–Crippen MR) is 70.4 cm³/mol. The van der Waals surface area contributed by atoms with E-state index >= 15 is 0 Å². The Kier molecular flexibility index (Phi) is 3.17. The molecule has 0 aliphatic heterocycles. The maximum absolute atomic E-state index is 6.24. The SMILES string of the molecule is CCCc1[o+]c2c(c3c1CCCC3)CCCC2. The molecule has 0 amide bonds. The van der Waals surface area contributed by atoms with Gasteiger partial charge in [0, 0.05) is 0 Å². The molecule has 1 heterocycles. The molecular weight excluding hydrogens is 208 g/mol. The van der Waals surface area contributed by atoms with Crippen LogP contribution in [-0.4, -0.2) is 0 Å². The quantitative estimate of drug-likeness (QED) is 0.692. The minimum atomic E-state index is 1.13. The number of aryl methyl sites for hydroxylation is 2. The summed E-state index contributed by atoms with van der Waals surface area (Å²) in [6.45, 7) is 2.25. The van der Waals surface area contributed by atoms with Crippen molar-refractivity contribution < 1.29 is 4.42 Å². The third-order valence-corrected chi connectivity index (χ3v) is 4.31. The lowest BCUT2D eigenvalue weighted by molar-refractivity contribution is 0.402. The van der Waals surface area contributed by atoms with Crippen LogP contribution in [0.15, 0.2) is 4.42 Å². The standard InChI is InChI=1S/C16H23O/c1-2-7-15-13-9-4-3-8-12(13)14-10-5-6-11-16(14)17-15/h2-11H2,1H3/q+1. The van der Waals surface area contributed by atoms with Crippen molar-refractivity contribution in [2.24, 2.45) is 0 Å². The van der Waals surface area contributed by atoms with Crippen molar-refractivity contribution in [1.82, 2.24) is 0 Å². The van der Waals surface area contributed by atoms with Gasteiger partial charge in [0.05, 0.1) is 24.0 Å². The molecule has 0 radical (unpaired) electrons. The molecule has 0 fully saturated rings. The van der Waals surface area contributed by atoms with Crippen LogP contribution in [-0.2, 0) is 32.1 Å². The van der Waals surface area contributed by atoms with Crippen molar-refractivity contribution in [3.8, 4) is 0 Å². The Labute approximate surface area is 104 Å². The van der Waals surface area contributed by atoms with E-state index < -0.39 is 0 Å². The summed E-state index contributed by atoms with van der Waals surface area (Å²) in [5.41, 5.74) is 4.89. The molecule has 0 saturated carbocycles. The van der Waals surface area contributed by atoms with Gasteiger partial charge in [0.15, 0.2) is 0 Å². The Hall–Kier alpha value is -0.850. The third-order valence-electron chi connectivity index (χ3n) is 4.31. The maximum Gasteiger partial charge on any atom is 0.332 e. The molecule has 0 atom stereocenters. The van der Waals surface area contributed by atoms with E-state index in [1.807, 2.05) is 0 Å². The van der Waals surface area contributed by atoms with Gasteiger partial charge in [-0.05, 0) is 56.9 Å². The van der Waals surface area contributed by atoms with Crippen molar-refractivity contribution in [2.75, 3.05) is 0 Å². The number of hydrogen-bond donors (Lipinski definition) is 0. The van der Waals surface area contributed by atoms with Crippen LogP contribution in [0, 0.1) is 0 Å². The van der Waals surface area contributed by atoms with E-state index in [4.69, 9.17) is 4.42 Å². The smallest absolute Gasteiger partial charge is 0.217 e. The molecule has 0 unspecified atom stereocenters. The van der Waals surface area contributed by atoms with Crippen LogP contribution in [0.4, 0.5) is 0 Å². The van der Waals surface area contributed by atoms with Crippen LogP contribution in [0.5, 0.6) is 0 Å². The Bertz CT molecular complexity index is 420. The van der Waals surface area contributed by atoms with Crippen molar-refractivity contribution in [1.29, 1.82) is 0 Å². The zero-order chi connectivity index (χ0) is 11.7. The maximum atomic E-state index is 6.24. The van der Waals surface area contributed by atoms with Crippen LogP contribution in [0.2, 0.25) is 0 Å². The average molecular weight is 231 g/mol. The summed E-state index contributed by atoms with van der Waals surface area (Å²) in [6.07, 6.45) is 12.8. The molecule has 1 aromatic rings. The molecule has 2 aliphatic rings. The van der Waals surface area contributed by atoms with Gasteiger partial charge in [-0.25, -0.2) is 4.42 Å². The molecule has 0 bridgehead atoms. The van der Waals surface area contributed by atoms with Crippen LogP contribution in [0.25, 0.3) is 0 Å². The molecule has 92 valence electrons. The minimum Gasteiger partial charge on any atom is -0.217 e. The topological polar surface area (TPSA) is 11.3 Å². The lowest BCUT2D eigenvalue weighted by atomic mass is 9.83. The molecule has 2 aliphatic carbocycles. The second kappa shape index (κ2) is 4.80. The minimum absolute atomic E-state index is 1.13. The normalized spacial score (nSPS) is 18.6. The first-order valence-corrected chi connectivity index (χ1v) is 7.38. The molecular formula is C16H23O+. The van der Waals surface area contributed by atoms with Crippen molar-refractivity contribution >= 4 is 0 Å². The fourth-order valence-electron chi connectivity index (χ4n) is 3.49. The van der Waals surface area contributed by atoms with Crippen molar-refractivity contribution in [3.05, 3.63) is 28.2 Å². The van der Waals surface area contributed by atoms with Gasteiger partial charge in [-0.1, -0.05) is 6.92 Å². The summed E-state index contributed by atoms with van der Waals surface area (Å²) in [4.78, 5) is 0. The third kappa shape index (κ3) is 2.00. The largest absolute Gasteiger partial charge is 0.332 e. The Morgan fingerprint density at radius 3 is 2.24 bits per heavy atom. The van der Waals surface area contributed by atoms with E-state index in [-0.39, 0.29) is 0 Å². The summed E-state index contributed by atoms with van der Waals surface area (Å²) in [5.74, 6) is 2.66. The zero-order valence-electron chi connectivity index (χ0n) is 11.0. The summed E-state index contributed by atoms with van der Waals surface area (Å²) in [7, 11) is 0. The van der Waals surface area contributed by atoms with Gasteiger partial charge in [-0.3, -0.25) is 0 Å². The van der Waals surface area contributed by atoms with Crippen LogP contribution < -0.4 is 0 Å². The van der Waals surface area contributed by atoms with Gasteiger partial charge in [-0.15, -0.1) is 0 Å². The molecule has 0 N–H and O–H groups in total. The van der Waals surface area contributed by atoms with Crippen molar-refractivity contribution in [3.63, 3.8) is 0 Å². The van der Waals surface area contributed by atoms with Gasteiger partial charge in [0.2, 0.25) is 0 Å². The summed E-state index contributed by atoms with van der Waals surface area (Å²) in [6, 6.07) is 0. The monoisotopic (exact) mass is 231 g/mol. The molecule has 3 rings (SSSR count). The lowest BCUT2D eigenvalue weighted by Gasteiger charge is -2.20. The van der Waals surface area contributed by atoms with Gasteiger partial charge >= 0.3 is 11.5 Å². The highest BCUT2D eigenvalue weighted by atomic mass is 16.3. The van der Waals surface area contributed by atoms with Gasteiger partial charge in [0.25, 0.3) is 0 Å². The lowest BCUT2D eigenvalue weighted by Crippen LogP contribution is -2.15. The fraction of sp³-hybridized carbons (Fsp3) is 0.688. The van der Waals surface area contributed by atoms with E-state index in [9.17, 15) is 0 Å². The molecule has 1 aromatic heterocycles. The molecule has 17 heavy (non-hydrogen) atoms. The summed E-state index contributed by atoms with van der Waals surface area (Å²) in [5, 5.41) is 0. The highest BCUT2D eigenvalue weighted by molar-refractivity contribution is 5.41. The Morgan fingerprint density at radius 1 is 0.824 bits per heavy atom.